The smallest absolute Gasteiger partial charge is 0.328 e. The summed E-state index contributed by atoms with van der Waals surface area (Å²) in [7, 11) is 1.87. The predicted octanol–water partition coefficient (Wildman–Crippen LogP) is 3.17. The van der Waals surface area contributed by atoms with E-state index in [4.69, 9.17) is 0 Å². The van der Waals surface area contributed by atoms with Crippen molar-refractivity contribution in [2.45, 2.75) is 62.8 Å². The number of pyridine rings is 2. The maximum absolute atomic E-state index is 15.8. The van der Waals surface area contributed by atoms with Gasteiger partial charge in [-0.3, -0.25) is 24.7 Å². The van der Waals surface area contributed by atoms with Gasteiger partial charge in [-0.25, -0.2) is 19.2 Å². The zero-order valence-corrected chi connectivity index (χ0v) is 22.3. The highest BCUT2D eigenvalue weighted by Gasteiger charge is 2.57. The Hall–Kier alpha value is -4.11. The monoisotopic (exact) mass is 546 g/mol. The highest BCUT2D eigenvalue weighted by molar-refractivity contribution is 6.03. The number of nitriles is 1. The first kappa shape index (κ1) is 26.1. The van der Waals surface area contributed by atoms with Gasteiger partial charge in [-0.2, -0.15) is 5.26 Å². The molecule has 0 unspecified atom stereocenters. The number of nitrogens with one attached hydrogen (secondary N) is 2. The van der Waals surface area contributed by atoms with Crippen LogP contribution in [-0.4, -0.2) is 76.8 Å². The average molecular weight is 547 g/mol. The van der Waals surface area contributed by atoms with Gasteiger partial charge in [0.25, 0.3) is 0 Å². The molecular formula is C28H31FN8O3. The maximum Gasteiger partial charge on any atom is 0.328 e. The number of carbonyl (C=O) groups is 3. The van der Waals surface area contributed by atoms with Crippen molar-refractivity contribution in [3.05, 3.63) is 40.7 Å². The lowest BCUT2D eigenvalue weighted by molar-refractivity contribution is -0.136. The summed E-state index contributed by atoms with van der Waals surface area (Å²) in [5, 5.41) is 15.7. The molecule has 2 saturated carbocycles. The van der Waals surface area contributed by atoms with Crippen molar-refractivity contribution in [2.75, 3.05) is 42.2 Å². The lowest BCUT2D eigenvalue weighted by atomic mass is 9.68. The van der Waals surface area contributed by atoms with E-state index in [1.165, 1.54) is 11.1 Å². The molecule has 1 saturated heterocycles. The van der Waals surface area contributed by atoms with Gasteiger partial charge in [0.1, 0.15) is 29.1 Å². The number of aldehydes is 1. The normalized spacial score (nSPS) is 24.2. The molecule has 5 aliphatic rings. The number of carbonyl (C=O) groups excluding carboxylic acids is 3. The highest BCUT2D eigenvalue weighted by Crippen LogP contribution is 2.56. The lowest BCUT2D eigenvalue weighted by Crippen LogP contribution is -2.60. The predicted molar refractivity (Wildman–Crippen MR) is 145 cm³/mol. The number of rotatable bonds is 6. The van der Waals surface area contributed by atoms with Gasteiger partial charge < -0.3 is 10.2 Å². The van der Waals surface area contributed by atoms with E-state index in [2.05, 4.69) is 26.7 Å². The molecule has 0 radical (unpaired) electrons. The van der Waals surface area contributed by atoms with Gasteiger partial charge in [-0.1, -0.05) is 12.8 Å². The number of amides is 3. The second-order valence-corrected chi connectivity index (χ2v) is 11.3. The van der Waals surface area contributed by atoms with Crippen LogP contribution < -0.4 is 15.5 Å². The highest BCUT2D eigenvalue weighted by atomic mass is 19.1. The molecule has 2 aliphatic carbocycles. The fourth-order valence-electron chi connectivity index (χ4n) is 6.22. The Labute approximate surface area is 231 Å². The molecule has 3 amide bonds. The van der Waals surface area contributed by atoms with E-state index in [0.29, 0.717) is 36.2 Å². The summed E-state index contributed by atoms with van der Waals surface area (Å²) >= 11 is 0. The molecule has 11 nitrogen and oxygen atoms in total. The van der Waals surface area contributed by atoms with Crippen molar-refractivity contribution in [3.8, 4) is 6.07 Å². The molecule has 5 heterocycles. The van der Waals surface area contributed by atoms with Gasteiger partial charge in [0.05, 0.1) is 17.8 Å². The first-order valence-electron chi connectivity index (χ1n) is 13.7. The number of hydrogen-bond donors (Lipinski definition) is 2. The average Bonchev–Trinajstić information content (AvgIpc) is 3.42. The van der Waals surface area contributed by atoms with Gasteiger partial charge in [0.2, 0.25) is 5.91 Å². The topological polar surface area (TPSA) is 135 Å². The Morgan fingerprint density at radius 1 is 1.27 bits per heavy atom. The lowest BCUT2D eigenvalue weighted by Gasteiger charge is -2.52. The standard InChI is InChI=1S/C28H31FN8O3/c1-35-6-7-36(25(39)15-35)14-17-8-21-26(33-23(17)16-38)37(20-10-28(21,29)11-20)27(40)34-24-9-22(18(12-30)13-31-24)32-19-4-2-3-5-19/h8-9,13,16,19-20H,2-7,10-11,14-15H2,1H3,(H2,31,32,34,40). The first-order chi connectivity index (χ1) is 19.3. The van der Waals surface area contributed by atoms with Gasteiger partial charge in [-0.15, -0.1) is 0 Å². The number of likely N-dealkylation sites (N-methyl/N-ethyl adjacent to an activating group) is 1. The molecule has 12 heteroatoms. The van der Waals surface area contributed by atoms with Crippen LogP contribution in [0.4, 0.5) is 26.5 Å². The third kappa shape index (κ3) is 4.64. The number of aromatic nitrogens is 2. The van der Waals surface area contributed by atoms with Gasteiger partial charge >= 0.3 is 6.03 Å². The van der Waals surface area contributed by atoms with Crippen molar-refractivity contribution >= 4 is 35.5 Å². The number of urea groups is 1. The van der Waals surface area contributed by atoms with E-state index in [9.17, 15) is 19.6 Å². The molecule has 2 aromatic heterocycles. The van der Waals surface area contributed by atoms with E-state index < -0.39 is 17.7 Å². The second-order valence-electron chi connectivity index (χ2n) is 11.3. The van der Waals surface area contributed by atoms with E-state index in [1.807, 2.05) is 11.9 Å². The zero-order valence-electron chi connectivity index (χ0n) is 22.3. The Kier molecular flexibility index (Phi) is 6.62. The molecule has 3 fully saturated rings. The van der Waals surface area contributed by atoms with Crippen LogP contribution in [-0.2, 0) is 17.0 Å². The van der Waals surface area contributed by atoms with Crippen LogP contribution >= 0.6 is 0 Å². The first-order valence-corrected chi connectivity index (χ1v) is 13.7. The third-order valence-corrected chi connectivity index (χ3v) is 8.48. The molecule has 2 aromatic rings. The van der Waals surface area contributed by atoms with Crippen LogP contribution in [0.1, 0.15) is 65.7 Å². The zero-order chi connectivity index (χ0) is 28.0. The minimum Gasteiger partial charge on any atom is -0.381 e. The van der Waals surface area contributed by atoms with Crippen LogP contribution in [0, 0.1) is 11.3 Å². The Morgan fingerprint density at radius 3 is 2.75 bits per heavy atom. The van der Waals surface area contributed by atoms with Crippen LogP contribution in [0.25, 0.3) is 0 Å². The Morgan fingerprint density at radius 2 is 2.05 bits per heavy atom. The summed E-state index contributed by atoms with van der Waals surface area (Å²) < 4.78 is 15.8. The second kappa shape index (κ2) is 10.1. The summed E-state index contributed by atoms with van der Waals surface area (Å²) in [6, 6.07) is 4.68. The van der Waals surface area contributed by atoms with Crippen molar-refractivity contribution in [2.24, 2.45) is 0 Å². The third-order valence-electron chi connectivity index (χ3n) is 8.48. The van der Waals surface area contributed by atoms with Crippen LogP contribution in [0.2, 0.25) is 0 Å². The van der Waals surface area contributed by atoms with Gasteiger partial charge in [0, 0.05) is 67.9 Å². The minimum atomic E-state index is -1.64. The summed E-state index contributed by atoms with van der Waals surface area (Å²) in [6.45, 7) is 1.62. The molecule has 3 aliphatic heterocycles. The minimum absolute atomic E-state index is 0.0697. The van der Waals surface area contributed by atoms with Crippen molar-refractivity contribution < 1.29 is 18.8 Å². The number of piperazine rings is 1. The molecule has 40 heavy (non-hydrogen) atoms. The summed E-state index contributed by atoms with van der Waals surface area (Å²) in [6.07, 6.45) is 6.54. The van der Waals surface area contributed by atoms with Gasteiger partial charge in [0.15, 0.2) is 6.29 Å². The van der Waals surface area contributed by atoms with Crippen LogP contribution in [0.15, 0.2) is 18.3 Å². The van der Waals surface area contributed by atoms with E-state index in [-0.39, 0.29) is 60.8 Å². The van der Waals surface area contributed by atoms with E-state index in [1.54, 1.807) is 17.0 Å². The summed E-state index contributed by atoms with van der Waals surface area (Å²) in [5.41, 5.74) is 0.145. The largest absolute Gasteiger partial charge is 0.381 e. The number of alkyl halides is 1. The molecule has 0 atom stereocenters. The van der Waals surface area contributed by atoms with E-state index >= 15 is 4.39 Å². The molecular weight excluding hydrogens is 515 g/mol. The molecule has 2 bridgehead atoms. The SMILES string of the molecule is CN1CCN(Cc2cc3c(nc2C=O)N(C(=O)Nc2cc(NC4CCCC4)c(C#N)cn2)C2CC3(F)C2)C(=O)C1. The van der Waals surface area contributed by atoms with Gasteiger partial charge in [-0.05, 0) is 26.0 Å². The molecule has 2 N–H and O–H groups in total. The molecule has 7 rings (SSSR count). The summed E-state index contributed by atoms with van der Waals surface area (Å²) in [4.78, 5) is 51.8. The van der Waals surface area contributed by atoms with Crippen LogP contribution in [0.5, 0.6) is 0 Å². The molecule has 0 aromatic carbocycles. The molecule has 0 spiro atoms. The number of halogens is 1. The maximum atomic E-state index is 15.8. The van der Waals surface area contributed by atoms with Crippen molar-refractivity contribution in [3.63, 3.8) is 0 Å². The fourth-order valence-corrected chi connectivity index (χ4v) is 6.22. The van der Waals surface area contributed by atoms with Crippen molar-refractivity contribution in [1.29, 1.82) is 5.26 Å². The number of nitrogens with zero attached hydrogens (tertiary/aromatic N) is 6. The van der Waals surface area contributed by atoms with Crippen molar-refractivity contribution in [1.82, 2.24) is 19.8 Å². The van der Waals surface area contributed by atoms with Crippen LogP contribution in [0.3, 0.4) is 0 Å². The quantitative estimate of drug-likeness (QED) is 0.528. The fraction of sp³-hybridized carbons (Fsp3) is 0.500. The van der Waals surface area contributed by atoms with E-state index in [0.717, 1.165) is 25.7 Å². The molecule has 208 valence electrons. The summed E-state index contributed by atoms with van der Waals surface area (Å²) in [5.74, 6) is 0.291. The number of hydrogen-bond acceptors (Lipinski definition) is 8. The number of anilines is 3. The Bertz CT molecular complexity index is 1410. The Balaban J connectivity index is 1.27.